The zero-order valence-electron chi connectivity index (χ0n) is 18.1. The van der Waals surface area contributed by atoms with Crippen LogP contribution in [0.5, 0.6) is 17.2 Å². The molecule has 0 atom stereocenters. The van der Waals surface area contributed by atoms with E-state index in [9.17, 15) is 4.79 Å². The summed E-state index contributed by atoms with van der Waals surface area (Å²) in [7, 11) is 4.60. The van der Waals surface area contributed by atoms with Crippen LogP contribution in [0.2, 0.25) is 0 Å². The Labute approximate surface area is 179 Å². The highest BCUT2D eigenvalue weighted by atomic mass is 16.5. The minimum Gasteiger partial charge on any atom is -0.493 e. The molecule has 160 valence electrons. The van der Waals surface area contributed by atoms with Gasteiger partial charge < -0.3 is 23.3 Å². The van der Waals surface area contributed by atoms with Crippen LogP contribution in [0.4, 0.5) is 0 Å². The fourth-order valence-corrected chi connectivity index (χ4v) is 3.59. The molecular formula is C23H23N3O5. The summed E-state index contributed by atoms with van der Waals surface area (Å²) in [6, 6.07) is 9.27. The molecule has 4 aromatic rings. The Morgan fingerprint density at radius 2 is 1.74 bits per heavy atom. The number of rotatable bonds is 6. The Bertz CT molecular complexity index is 1300. The Kier molecular flexibility index (Phi) is 5.37. The summed E-state index contributed by atoms with van der Waals surface area (Å²) >= 11 is 0. The highest BCUT2D eigenvalue weighted by molar-refractivity contribution is 5.83. The zero-order chi connectivity index (χ0) is 22.1. The fraction of sp³-hybridized carbons (Fsp3) is 0.261. The molecule has 8 nitrogen and oxygen atoms in total. The first-order chi connectivity index (χ1) is 15.0. The van der Waals surface area contributed by atoms with Gasteiger partial charge in [0.2, 0.25) is 17.0 Å². The minimum absolute atomic E-state index is 0.150. The molecule has 0 aliphatic rings. The predicted octanol–water partition coefficient (Wildman–Crippen LogP) is 4.07. The van der Waals surface area contributed by atoms with Gasteiger partial charge in [0.15, 0.2) is 11.5 Å². The standard InChI is InChI=1S/C23H23N3O5/c1-6-26-12-16(20(27)15-9-13(2)7-8-17(15)26)23-24-22(25-31-23)14-10-18(28-3)21(30-5)19(11-14)29-4/h7-12H,6H2,1-5H3. The third-order valence-corrected chi connectivity index (χ3v) is 5.16. The lowest BCUT2D eigenvalue weighted by molar-refractivity contribution is 0.324. The molecule has 2 aromatic heterocycles. The van der Waals surface area contributed by atoms with Crippen LogP contribution in [0.3, 0.4) is 0 Å². The molecule has 0 bridgehead atoms. The van der Waals surface area contributed by atoms with Crippen molar-refractivity contribution in [3.63, 3.8) is 0 Å². The van der Waals surface area contributed by atoms with Gasteiger partial charge in [0.1, 0.15) is 5.56 Å². The van der Waals surface area contributed by atoms with Gasteiger partial charge in [-0.2, -0.15) is 4.98 Å². The van der Waals surface area contributed by atoms with E-state index < -0.39 is 0 Å². The number of hydrogen-bond acceptors (Lipinski definition) is 7. The average molecular weight is 421 g/mol. The van der Waals surface area contributed by atoms with Gasteiger partial charge in [-0.05, 0) is 38.1 Å². The molecule has 4 rings (SSSR count). The summed E-state index contributed by atoms with van der Waals surface area (Å²) in [5.41, 5.74) is 2.69. The van der Waals surface area contributed by atoms with Gasteiger partial charge in [0.05, 0.1) is 26.8 Å². The molecule has 8 heteroatoms. The molecule has 0 amide bonds. The molecule has 2 aromatic carbocycles. The molecule has 0 fully saturated rings. The number of hydrogen-bond donors (Lipinski definition) is 0. The van der Waals surface area contributed by atoms with Crippen LogP contribution in [-0.2, 0) is 6.54 Å². The van der Waals surface area contributed by atoms with Crippen LogP contribution in [0.25, 0.3) is 33.7 Å². The molecule has 0 spiro atoms. The van der Waals surface area contributed by atoms with E-state index in [-0.39, 0.29) is 11.3 Å². The van der Waals surface area contributed by atoms with Crippen molar-refractivity contribution in [3.8, 4) is 40.1 Å². The van der Waals surface area contributed by atoms with E-state index in [1.54, 1.807) is 18.3 Å². The van der Waals surface area contributed by atoms with E-state index >= 15 is 0 Å². The fourth-order valence-electron chi connectivity index (χ4n) is 3.59. The van der Waals surface area contributed by atoms with Crippen LogP contribution in [-0.4, -0.2) is 36.0 Å². The van der Waals surface area contributed by atoms with E-state index in [4.69, 9.17) is 18.7 Å². The smallest absolute Gasteiger partial charge is 0.263 e. The number of nitrogens with zero attached hydrogens (tertiary/aromatic N) is 3. The summed E-state index contributed by atoms with van der Waals surface area (Å²) in [4.78, 5) is 17.7. The quantitative estimate of drug-likeness (QED) is 0.464. The van der Waals surface area contributed by atoms with Crippen LogP contribution in [0, 0.1) is 6.92 Å². The highest BCUT2D eigenvalue weighted by Gasteiger charge is 2.20. The maximum absolute atomic E-state index is 13.2. The van der Waals surface area contributed by atoms with Crippen molar-refractivity contribution in [2.45, 2.75) is 20.4 Å². The molecular weight excluding hydrogens is 398 g/mol. The Morgan fingerprint density at radius 1 is 1.03 bits per heavy atom. The van der Waals surface area contributed by atoms with Gasteiger partial charge in [0.25, 0.3) is 5.89 Å². The van der Waals surface area contributed by atoms with Crippen LogP contribution in [0.1, 0.15) is 12.5 Å². The lowest BCUT2D eigenvalue weighted by atomic mass is 10.1. The molecule has 0 saturated carbocycles. The summed E-state index contributed by atoms with van der Waals surface area (Å²) in [6.45, 7) is 4.67. The first kappa shape index (κ1) is 20.5. The second kappa shape index (κ2) is 8.14. The number of benzene rings is 2. The Morgan fingerprint density at radius 3 is 2.35 bits per heavy atom. The average Bonchev–Trinajstić information content (AvgIpc) is 3.28. The second-order valence-electron chi connectivity index (χ2n) is 7.02. The molecule has 0 N–H and O–H groups in total. The van der Waals surface area contributed by atoms with Crippen molar-refractivity contribution in [3.05, 3.63) is 52.3 Å². The first-order valence-electron chi connectivity index (χ1n) is 9.79. The lowest BCUT2D eigenvalue weighted by Crippen LogP contribution is -2.12. The maximum atomic E-state index is 13.2. The van der Waals surface area contributed by atoms with Crippen molar-refractivity contribution in [2.24, 2.45) is 0 Å². The normalized spacial score (nSPS) is 11.0. The van der Waals surface area contributed by atoms with Crippen LogP contribution < -0.4 is 19.6 Å². The van der Waals surface area contributed by atoms with E-state index in [0.717, 1.165) is 11.1 Å². The Balaban J connectivity index is 1.86. The van der Waals surface area contributed by atoms with Gasteiger partial charge in [0, 0.05) is 23.7 Å². The topological polar surface area (TPSA) is 88.6 Å². The van der Waals surface area contributed by atoms with Gasteiger partial charge in [-0.25, -0.2) is 0 Å². The van der Waals surface area contributed by atoms with Crippen molar-refractivity contribution in [1.29, 1.82) is 0 Å². The van der Waals surface area contributed by atoms with Crippen molar-refractivity contribution in [1.82, 2.24) is 14.7 Å². The van der Waals surface area contributed by atoms with Crippen LogP contribution in [0.15, 0.2) is 45.8 Å². The van der Waals surface area contributed by atoms with Crippen molar-refractivity contribution in [2.75, 3.05) is 21.3 Å². The minimum atomic E-state index is -0.150. The van der Waals surface area contributed by atoms with Gasteiger partial charge in [-0.1, -0.05) is 16.8 Å². The van der Waals surface area contributed by atoms with Crippen LogP contribution >= 0.6 is 0 Å². The lowest BCUT2D eigenvalue weighted by Gasteiger charge is -2.12. The van der Waals surface area contributed by atoms with Crippen molar-refractivity contribution < 1.29 is 18.7 Å². The number of ether oxygens (including phenoxy) is 3. The zero-order valence-corrected chi connectivity index (χ0v) is 18.1. The molecule has 2 heterocycles. The number of methoxy groups -OCH3 is 3. The molecule has 31 heavy (non-hydrogen) atoms. The van der Waals surface area contributed by atoms with Crippen molar-refractivity contribution >= 4 is 10.9 Å². The number of fused-ring (bicyclic) bond motifs is 1. The SMILES string of the molecule is CCn1cc(-c2nc(-c3cc(OC)c(OC)c(OC)c3)no2)c(=O)c2cc(C)ccc21. The summed E-state index contributed by atoms with van der Waals surface area (Å²) in [5.74, 6) is 1.86. The Hall–Kier alpha value is -3.81. The van der Waals surface area contributed by atoms with E-state index in [2.05, 4.69) is 10.1 Å². The maximum Gasteiger partial charge on any atom is 0.263 e. The predicted molar refractivity (Wildman–Crippen MR) is 117 cm³/mol. The molecule has 0 unspecified atom stereocenters. The monoisotopic (exact) mass is 421 g/mol. The van der Waals surface area contributed by atoms with E-state index in [1.165, 1.54) is 21.3 Å². The third-order valence-electron chi connectivity index (χ3n) is 5.16. The van der Waals surface area contributed by atoms with E-state index in [0.29, 0.717) is 46.1 Å². The summed E-state index contributed by atoms with van der Waals surface area (Å²) < 4.78 is 23.6. The molecule has 0 aliphatic carbocycles. The van der Waals surface area contributed by atoms with Gasteiger partial charge in [-0.15, -0.1) is 0 Å². The van der Waals surface area contributed by atoms with E-state index in [1.807, 2.05) is 36.6 Å². The molecule has 0 radical (unpaired) electrons. The summed E-state index contributed by atoms with van der Waals surface area (Å²) in [6.07, 6.45) is 1.76. The number of aryl methyl sites for hydroxylation is 2. The largest absolute Gasteiger partial charge is 0.493 e. The highest BCUT2D eigenvalue weighted by Crippen LogP contribution is 2.40. The van der Waals surface area contributed by atoms with Gasteiger partial charge in [-0.3, -0.25) is 4.79 Å². The first-order valence-corrected chi connectivity index (χ1v) is 9.79. The number of aromatic nitrogens is 3. The molecule has 0 aliphatic heterocycles. The number of pyridine rings is 1. The molecule has 0 saturated heterocycles. The van der Waals surface area contributed by atoms with Gasteiger partial charge >= 0.3 is 0 Å². The summed E-state index contributed by atoms with van der Waals surface area (Å²) in [5, 5.41) is 4.69. The third kappa shape index (κ3) is 3.50. The second-order valence-corrected chi connectivity index (χ2v) is 7.02.